The minimum absolute atomic E-state index is 0.0151. The number of carbonyl (C=O) groups excluding carboxylic acids is 1. The van der Waals surface area contributed by atoms with Gasteiger partial charge in [-0.2, -0.15) is 5.26 Å². The van der Waals surface area contributed by atoms with E-state index >= 15 is 0 Å². The number of nitrogens with zero attached hydrogens (tertiary/aromatic N) is 1. The van der Waals surface area contributed by atoms with Gasteiger partial charge in [0.15, 0.2) is 0 Å². The van der Waals surface area contributed by atoms with E-state index in [0.717, 1.165) is 31.2 Å². The van der Waals surface area contributed by atoms with Gasteiger partial charge in [0, 0.05) is 11.8 Å². The van der Waals surface area contributed by atoms with Crippen molar-refractivity contribution in [2.24, 2.45) is 11.8 Å². The molecule has 0 aliphatic heterocycles. The number of aryl methyl sites for hydroxylation is 1. The van der Waals surface area contributed by atoms with E-state index < -0.39 is 5.97 Å². The number of hydrogen-bond donors (Lipinski definition) is 1. The van der Waals surface area contributed by atoms with E-state index in [1.165, 1.54) is 0 Å². The highest BCUT2D eigenvalue weighted by molar-refractivity contribution is 5.87. The Labute approximate surface area is 124 Å². The fraction of sp³-hybridized carbons (Fsp3) is 0.471. The summed E-state index contributed by atoms with van der Waals surface area (Å²) in [5.74, 6) is -1.08. The van der Waals surface area contributed by atoms with Crippen LogP contribution >= 0.6 is 0 Å². The van der Waals surface area contributed by atoms with Crippen molar-refractivity contribution in [1.82, 2.24) is 0 Å². The Morgan fingerprint density at radius 1 is 1.24 bits per heavy atom. The van der Waals surface area contributed by atoms with Gasteiger partial charge in [-0.3, -0.25) is 9.59 Å². The summed E-state index contributed by atoms with van der Waals surface area (Å²) in [6.07, 6.45) is 4.03. The van der Waals surface area contributed by atoms with E-state index in [1.807, 2.05) is 12.1 Å². The number of benzene rings is 1. The van der Waals surface area contributed by atoms with Crippen LogP contribution in [-0.2, 0) is 16.0 Å². The van der Waals surface area contributed by atoms with Crippen molar-refractivity contribution in [3.8, 4) is 6.07 Å². The highest BCUT2D eigenvalue weighted by Gasteiger charge is 2.31. The van der Waals surface area contributed by atoms with Crippen LogP contribution in [0.1, 0.15) is 43.2 Å². The second-order valence-electron chi connectivity index (χ2n) is 5.67. The van der Waals surface area contributed by atoms with Crippen LogP contribution in [0.4, 0.5) is 0 Å². The van der Waals surface area contributed by atoms with Crippen LogP contribution < -0.4 is 0 Å². The summed E-state index contributed by atoms with van der Waals surface area (Å²) in [4.78, 5) is 23.1. The Kier molecular flexibility index (Phi) is 5.10. The third kappa shape index (κ3) is 4.16. The molecule has 0 saturated heterocycles. The highest BCUT2D eigenvalue weighted by atomic mass is 16.4. The molecule has 21 heavy (non-hydrogen) atoms. The number of carboxylic acids is 1. The second-order valence-corrected chi connectivity index (χ2v) is 5.67. The average Bonchev–Trinajstić information content (AvgIpc) is 2.48. The Morgan fingerprint density at radius 2 is 1.90 bits per heavy atom. The van der Waals surface area contributed by atoms with E-state index in [2.05, 4.69) is 6.07 Å². The van der Waals surface area contributed by atoms with Crippen LogP contribution in [0.3, 0.4) is 0 Å². The molecule has 0 aromatic heterocycles. The van der Waals surface area contributed by atoms with Crippen molar-refractivity contribution in [3.63, 3.8) is 0 Å². The predicted octanol–water partition coefficient (Wildman–Crippen LogP) is 2.95. The summed E-state index contributed by atoms with van der Waals surface area (Å²) in [5.41, 5.74) is 1.75. The summed E-state index contributed by atoms with van der Waals surface area (Å²) in [6, 6.07) is 9.48. The Hall–Kier alpha value is -2.15. The van der Waals surface area contributed by atoms with Gasteiger partial charge in [-0.05, 0) is 43.4 Å². The van der Waals surface area contributed by atoms with Gasteiger partial charge in [0.1, 0.15) is 5.78 Å². The molecule has 0 radical (unpaired) electrons. The molecule has 0 heterocycles. The van der Waals surface area contributed by atoms with Crippen molar-refractivity contribution in [2.75, 3.05) is 0 Å². The van der Waals surface area contributed by atoms with Crippen LogP contribution in [0.2, 0.25) is 0 Å². The number of Topliss-reactive ketones (excluding diaryl/α,β-unsaturated/α-hetero) is 1. The zero-order chi connectivity index (χ0) is 15.2. The van der Waals surface area contributed by atoms with E-state index in [0.29, 0.717) is 12.0 Å². The largest absolute Gasteiger partial charge is 0.481 e. The molecule has 2 atom stereocenters. The van der Waals surface area contributed by atoms with Crippen LogP contribution in [0.15, 0.2) is 24.3 Å². The molecule has 2 unspecified atom stereocenters. The normalized spacial score (nSPS) is 21.8. The van der Waals surface area contributed by atoms with Crippen LogP contribution in [-0.4, -0.2) is 16.9 Å². The van der Waals surface area contributed by atoms with E-state index in [9.17, 15) is 9.59 Å². The molecule has 110 valence electrons. The van der Waals surface area contributed by atoms with Gasteiger partial charge >= 0.3 is 5.97 Å². The maximum Gasteiger partial charge on any atom is 0.304 e. The maximum atomic E-state index is 12.3. The van der Waals surface area contributed by atoms with E-state index in [1.54, 1.807) is 12.1 Å². The molecule has 4 nitrogen and oxygen atoms in total. The van der Waals surface area contributed by atoms with Gasteiger partial charge in [0.05, 0.1) is 18.1 Å². The molecule has 1 saturated carbocycles. The van der Waals surface area contributed by atoms with Gasteiger partial charge in [-0.1, -0.05) is 18.6 Å². The molecule has 1 aliphatic carbocycles. The molecule has 0 spiro atoms. The number of ketones is 1. The van der Waals surface area contributed by atoms with Gasteiger partial charge in [0.25, 0.3) is 0 Å². The van der Waals surface area contributed by atoms with Gasteiger partial charge in [-0.25, -0.2) is 0 Å². The second kappa shape index (κ2) is 7.03. The first-order valence-electron chi connectivity index (χ1n) is 7.34. The third-order valence-electron chi connectivity index (χ3n) is 4.20. The molecule has 0 bridgehead atoms. The highest BCUT2D eigenvalue weighted by Crippen LogP contribution is 2.30. The molecular formula is C17H19NO3. The maximum absolute atomic E-state index is 12.3. The summed E-state index contributed by atoms with van der Waals surface area (Å²) < 4.78 is 0. The number of hydrogen-bond acceptors (Lipinski definition) is 3. The summed E-state index contributed by atoms with van der Waals surface area (Å²) in [7, 11) is 0. The van der Waals surface area contributed by atoms with Crippen LogP contribution in [0.25, 0.3) is 0 Å². The molecular weight excluding hydrogens is 266 g/mol. The summed E-state index contributed by atoms with van der Waals surface area (Å²) in [6.45, 7) is 0. The SMILES string of the molecule is N#Cc1ccc(CCC2CCCC(CC(=O)O)C2=O)cc1. The van der Waals surface area contributed by atoms with Gasteiger partial charge < -0.3 is 5.11 Å². The Morgan fingerprint density at radius 3 is 2.52 bits per heavy atom. The zero-order valence-electron chi connectivity index (χ0n) is 11.9. The lowest BCUT2D eigenvalue weighted by Crippen LogP contribution is -2.30. The molecule has 1 aromatic rings. The van der Waals surface area contributed by atoms with Gasteiger partial charge in [0.2, 0.25) is 0 Å². The zero-order valence-corrected chi connectivity index (χ0v) is 11.9. The van der Waals surface area contributed by atoms with E-state index in [4.69, 9.17) is 10.4 Å². The average molecular weight is 285 g/mol. The van der Waals surface area contributed by atoms with Gasteiger partial charge in [-0.15, -0.1) is 0 Å². The molecule has 1 aromatic carbocycles. The van der Waals surface area contributed by atoms with E-state index in [-0.39, 0.29) is 24.0 Å². The molecule has 1 fully saturated rings. The summed E-state index contributed by atoms with van der Waals surface area (Å²) in [5, 5.41) is 17.6. The predicted molar refractivity (Wildman–Crippen MR) is 77.6 cm³/mol. The first kappa shape index (κ1) is 15.2. The number of nitriles is 1. The lowest BCUT2D eigenvalue weighted by atomic mass is 9.76. The minimum atomic E-state index is -0.888. The smallest absolute Gasteiger partial charge is 0.304 e. The number of aliphatic carboxylic acids is 1. The topological polar surface area (TPSA) is 78.2 Å². The first-order valence-corrected chi connectivity index (χ1v) is 7.34. The molecule has 2 rings (SSSR count). The number of rotatable bonds is 5. The van der Waals surface area contributed by atoms with Crippen molar-refractivity contribution in [1.29, 1.82) is 5.26 Å². The molecule has 1 N–H and O–H groups in total. The first-order chi connectivity index (χ1) is 10.1. The minimum Gasteiger partial charge on any atom is -0.481 e. The third-order valence-corrected chi connectivity index (χ3v) is 4.20. The lowest BCUT2D eigenvalue weighted by Gasteiger charge is -2.26. The monoisotopic (exact) mass is 285 g/mol. The standard InChI is InChI=1S/C17H19NO3/c18-11-13-6-4-12(5-7-13)8-9-14-2-1-3-15(17(14)21)10-16(19)20/h4-7,14-15H,1-3,8-10H2,(H,19,20). The van der Waals surface area contributed by atoms with Crippen LogP contribution in [0.5, 0.6) is 0 Å². The summed E-state index contributed by atoms with van der Waals surface area (Å²) >= 11 is 0. The quantitative estimate of drug-likeness (QED) is 0.902. The molecule has 0 amide bonds. The van der Waals surface area contributed by atoms with Crippen molar-refractivity contribution < 1.29 is 14.7 Å². The van der Waals surface area contributed by atoms with Crippen molar-refractivity contribution in [2.45, 2.75) is 38.5 Å². The Bertz CT molecular complexity index is 556. The lowest BCUT2D eigenvalue weighted by molar-refractivity contribution is -0.142. The number of carboxylic acid groups (broad SMARTS) is 1. The fourth-order valence-corrected chi connectivity index (χ4v) is 3.02. The molecule has 4 heteroatoms. The fourth-order valence-electron chi connectivity index (χ4n) is 3.02. The number of carbonyl (C=O) groups is 2. The van der Waals surface area contributed by atoms with Crippen molar-refractivity contribution >= 4 is 11.8 Å². The Balaban J connectivity index is 1.91. The molecule has 1 aliphatic rings. The van der Waals surface area contributed by atoms with Crippen LogP contribution in [0, 0.1) is 23.2 Å². The van der Waals surface area contributed by atoms with Crippen molar-refractivity contribution in [3.05, 3.63) is 35.4 Å².